The molecular formula is C47H77O13P. The highest BCUT2D eigenvalue weighted by molar-refractivity contribution is 7.47. The van der Waals surface area contributed by atoms with Crippen molar-refractivity contribution in [2.75, 3.05) is 13.2 Å². The van der Waals surface area contributed by atoms with Gasteiger partial charge in [0.2, 0.25) is 0 Å². The summed E-state index contributed by atoms with van der Waals surface area (Å²) in [7, 11) is -5.15. The second-order valence-electron chi connectivity index (χ2n) is 15.2. The van der Waals surface area contributed by atoms with Crippen LogP contribution in [0.25, 0.3) is 0 Å². The second kappa shape index (κ2) is 36.5. The average Bonchev–Trinajstić information content (AvgIpc) is 3.24. The largest absolute Gasteiger partial charge is 0.472 e. The molecule has 0 aliphatic heterocycles. The lowest BCUT2D eigenvalue weighted by Crippen LogP contribution is -2.64. The van der Waals surface area contributed by atoms with Gasteiger partial charge in [0.15, 0.2) is 6.10 Å². The van der Waals surface area contributed by atoms with Crippen LogP contribution in [0.3, 0.4) is 0 Å². The van der Waals surface area contributed by atoms with Gasteiger partial charge in [0, 0.05) is 12.8 Å². The molecule has 0 aromatic rings. The summed E-state index contributed by atoms with van der Waals surface area (Å²) in [4.78, 5) is 35.6. The number of phosphoric acid groups is 1. The van der Waals surface area contributed by atoms with E-state index in [1.165, 1.54) is 38.5 Å². The zero-order valence-electron chi connectivity index (χ0n) is 36.7. The molecule has 348 valence electrons. The number of ether oxygens (including phenoxy) is 2. The number of aliphatic hydroxyl groups excluding tert-OH is 5. The molecule has 0 aromatic carbocycles. The number of phosphoric ester groups is 1. The van der Waals surface area contributed by atoms with E-state index in [9.17, 15) is 44.6 Å². The van der Waals surface area contributed by atoms with Crippen LogP contribution in [-0.2, 0) is 32.7 Å². The summed E-state index contributed by atoms with van der Waals surface area (Å²) in [5.41, 5.74) is 0. The minimum absolute atomic E-state index is 0.00774. The van der Waals surface area contributed by atoms with Crippen molar-refractivity contribution in [1.29, 1.82) is 0 Å². The molecule has 1 aliphatic carbocycles. The highest BCUT2D eigenvalue weighted by Crippen LogP contribution is 2.47. The van der Waals surface area contributed by atoms with Gasteiger partial charge in [-0.15, -0.1) is 0 Å². The van der Waals surface area contributed by atoms with Crippen molar-refractivity contribution in [3.8, 4) is 0 Å². The van der Waals surface area contributed by atoms with Crippen LogP contribution in [0.15, 0.2) is 85.1 Å². The predicted molar refractivity (Wildman–Crippen MR) is 239 cm³/mol. The summed E-state index contributed by atoms with van der Waals surface area (Å²) in [5, 5.41) is 50.1. The van der Waals surface area contributed by atoms with Crippen LogP contribution in [-0.4, -0.2) is 98.3 Å². The van der Waals surface area contributed by atoms with Gasteiger partial charge in [-0.3, -0.25) is 18.6 Å². The summed E-state index contributed by atoms with van der Waals surface area (Å²) < 4.78 is 33.4. The Morgan fingerprint density at radius 2 is 0.885 bits per heavy atom. The van der Waals surface area contributed by atoms with E-state index in [0.717, 1.165) is 57.8 Å². The Kier molecular flexibility index (Phi) is 33.5. The summed E-state index contributed by atoms with van der Waals surface area (Å²) in [5.74, 6) is -1.22. The van der Waals surface area contributed by atoms with Crippen molar-refractivity contribution in [1.82, 2.24) is 0 Å². The first kappa shape index (κ1) is 56.0. The Hall–Kier alpha value is -2.97. The van der Waals surface area contributed by atoms with E-state index >= 15 is 0 Å². The van der Waals surface area contributed by atoms with E-state index in [4.69, 9.17) is 18.5 Å². The lowest BCUT2D eigenvalue weighted by molar-refractivity contribution is -0.220. The van der Waals surface area contributed by atoms with Crippen LogP contribution in [0, 0.1) is 0 Å². The standard InChI is InChI=1S/C47H77O13P/c1-3-5-7-9-11-13-15-17-19-20-22-24-26-28-30-32-34-36-41(49)59-39(38-58-61(55,56)60-47-45(53)43(51)42(50)44(52)46(47)54)37-57-40(48)35-33-31-29-27-25-23-21-18-16-14-12-10-8-6-4-2/h11-14,17-19,21-22,24-25,27-28,30,39,42-47,50-54H,3-10,15-16,20,23,26,29,31-38H2,1-2H3,(H,55,56)/b13-11+,14-12+,19-17+,21-18+,24-22+,27-25+,30-28+/t39-,42?,43+,44?,45?,46?,47?/m1/s1. The average molecular weight is 881 g/mol. The molecule has 0 amide bonds. The number of allylic oxidation sites excluding steroid dienone is 14. The molecule has 0 aromatic heterocycles. The van der Waals surface area contributed by atoms with Gasteiger partial charge in [0.05, 0.1) is 6.61 Å². The van der Waals surface area contributed by atoms with E-state index < -0.39 is 75.7 Å². The lowest BCUT2D eigenvalue weighted by atomic mass is 9.85. The number of unbranched alkanes of at least 4 members (excludes halogenated alkanes) is 9. The Bertz CT molecular complexity index is 1390. The smallest absolute Gasteiger partial charge is 0.462 e. The first-order chi connectivity index (χ1) is 29.4. The molecule has 0 saturated heterocycles. The van der Waals surface area contributed by atoms with Crippen molar-refractivity contribution in [3.63, 3.8) is 0 Å². The quantitative estimate of drug-likeness (QED) is 0.0153. The highest BCUT2D eigenvalue weighted by Gasteiger charge is 2.51. The van der Waals surface area contributed by atoms with Gasteiger partial charge >= 0.3 is 19.8 Å². The van der Waals surface area contributed by atoms with E-state index in [2.05, 4.69) is 86.8 Å². The van der Waals surface area contributed by atoms with Crippen LogP contribution in [0.4, 0.5) is 0 Å². The number of hydrogen-bond acceptors (Lipinski definition) is 12. The maximum Gasteiger partial charge on any atom is 0.472 e. The van der Waals surface area contributed by atoms with Crippen molar-refractivity contribution >= 4 is 19.8 Å². The Balaban J connectivity index is 2.56. The molecule has 1 saturated carbocycles. The predicted octanol–water partition coefficient (Wildman–Crippen LogP) is 8.50. The number of rotatable bonds is 35. The Morgan fingerprint density at radius 1 is 0.508 bits per heavy atom. The van der Waals surface area contributed by atoms with Crippen LogP contribution in [0.1, 0.15) is 142 Å². The van der Waals surface area contributed by atoms with E-state index in [0.29, 0.717) is 19.3 Å². The monoisotopic (exact) mass is 881 g/mol. The Morgan fingerprint density at radius 3 is 1.33 bits per heavy atom. The fourth-order valence-corrected chi connectivity index (χ4v) is 7.02. The number of esters is 2. The second-order valence-corrected chi connectivity index (χ2v) is 16.6. The third-order valence-electron chi connectivity index (χ3n) is 9.71. The van der Waals surface area contributed by atoms with Crippen LogP contribution in [0.5, 0.6) is 0 Å². The third-order valence-corrected chi connectivity index (χ3v) is 10.7. The summed E-state index contributed by atoms with van der Waals surface area (Å²) >= 11 is 0. The first-order valence-electron chi connectivity index (χ1n) is 22.4. The molecule has 1 fully saturated rings. The van der Waals surface area contributed by atoms with Crippen LogP contribution >= 0.6 is 7.82 Å². The fourth-order valence-electron chi connectivity index (χ4n) is 6.05. The summed E-state index contributed by atoms with van der Waals surface area (Å²) in [6.45, 7) is 3.14. The molecular weight excluding hydrogens is 803 g/mol. The van der Waals surface area contributed by atoms with Crippen LogP contribution < -0.4 is 0 Å². The minimum atomic E-state index is -5.15. The van der Waals surface area contributed by atoms with Crippen molar-refractivity contribution < 1.29 is 63.1 Å². The van der Waals surface area contributed by atoms with Gasteiger partial charge in [-0.2, -0.15) is 0 Å². The fraction of sp³-hybridized carbons (Fsp3) is 0.660. The number of hydrogen-bond donors (Lipinski definition) is 6. The molecule has 1 aliphatic rings. The first-order valence-corrected chi connectivity index (χ1v) is 23.9. The SMILES string of the molecule is CCCCC/C=C/C/C=C/C/C=C/C/C=C/CCCC(=O)O[C@H](COC(=O)CCCC/C=C/C/C=C/C/C=C/CCCCC)COP(=O)(O)OC1C(O)C(O)C(O)[C@H](O)C1O. The lowest BCUT2D eigenvalue weighted by Gasteiger charge is -2.41. The number of carbonyl (C=O) groups excluding carboxylic acids is 2. The number of carbonyl (C=O) groups is 2. The Labute approximate surface area is 365 Å². The van der Waals surface area contributed by atoms with Crippen LogP contribution in [0.2, 0.25) is 0 Å². The molecule has 6 N–H and O–H groups in total. The molecule has 1 rings (SSSR count). The highest BCUT2D eigenvalue weighted by atomic mass is 31.2. The number of aliphatic hydroxyl groups is 5. The maximum absolute atomic E-state index is 12.8. The molecule has 0 radical (unpaired) electrons. The van der Waals surface area contributed by atoms with Gasteiger partial charge in [-0.1, -0.05) is 125 Å². The van der Waals surface area contributed by atoms with Crippen molar-refractivity contribution in [2.24, 2.45) is 0 Å². The van der Waals surface area contributed by atoms with Gasteiger partial charge < -0.3 is 39.9 Å². The van der Waals surface area contributed by atoms with Crippen molar-refractivity contribution in [3.05, 3.63) is 85.1 Å². The van der Waals surface area contributed by atoms with Crippen molar-refractivity contribution in [2.45, 2.75) is 185 Å². The molecule has 0 bridgehead atoms. The molecule has 8 atom stereocenters. The van der Waals surface area contributed by atoms with E-state index in [1.807, 2.05) is 12.2 Å². The zero-order chi connectivity index (χ0) is 45.0. The van der Waals surface area contributed by atoms with E-state index in [-0.39, 0.29) is 12.8 Å². The summed E-state index contributed by atoms with van der Waals surface area (Å²) in [6.07, 6.45) is 33.6. The van der Waals surface area contributed by atoms with Gasteiger partial charge in [0.1, 0.15) is 43.2 Å². The van der Waals surface area contributed by atoms with Gasteiger partial charge in [0.25, 0.3) is 0 Å². The molecule has 6 unspecified atom stereocenters. The molecule has 14 heteroatoms. The van der Waals surface area contributed by atoms with Gasteiger partial charge in [-0.05, 0) is 89.9 Å². The van der Waals surface area contributed by atoms with E-state index in [1.54, 1.807) is 0 Å². The van der Waals surface area contributed by atoms with Gasteiger partial charge in [-0.25, -0.2) is 4.57 Å². The maximum atomic E-state index is 12.8. The topological polar surface area (TPSA) is 210 Å². The third kappa shape index (κ3) is 29.1. The molecule has 13 nitrogen and oxygen atoms in total. The molecule has 0 heterocycles. The summed E-state index contributed by atoms with van der Waals surface area (Å²) in [6, 6.07) is 0. The molecule has 0 spiro atoms. The normalized spacial score (nSPS) is 22.8. The minimum Gasteiger partial charge on any atom is -0.462 e. The zero-order valence-corrected chi connectivity index (χ0v) is 37.6. The molecule has 61 heavy (non-hydrogen) atoms.